The van der Waals surface area contributed by atoms with Crippen molar-refractivity contribution in [1.82, 2.24) is 19.8 Å². The third-order valence-electron chi connectivity index (χ3n) is 5.46. The van der Waals surface area contributed by atoms with Gasteiger partial charge in [0.2, 0.25) is 0 Å². The van der Waals surface area contributed by atoms with Gasteiger partial charge in [0.15, 0.2) is 5.96 Å². The van der Waals surface area contributed by atoms with Crippen LogP contribution >= 0.6 is 24.0 Å². The summed E-state index contributed by atoms with van der Waals surface area (Å²) in [6.07, 6.45) is 4.05. The Bertz CT molecular complexity index is 617. The van der Waals surface area contributed by atoms with E-state index in [0.717, 1.165) is 38.9 Å². The molecule has 0 atom stereocenters. The lowest BCUT2D eigenvalue weighted by Crippen LogP contribution is -2.50. The number of piperidine rings is 2. The molecule has 0 aromatic heterocycles. The van der Waals surface area contributed by atoms with E-state index < -0.39 is 15.5 Å². The molecule has 0 saturated carbocycles. The van der Waals surface area contributed by atoms with Gasteiger partial charge in [-0.25, -0.2) is 8.42 Å². The van der Waals surface area contributed by atoms with Crippen molar-refractivity contribution in [2.24, 2.45) is 10.9 Å². The van der Waals surface area contributed by atoms with Crippen molar-refractivity contribution in [3.8, 4) is 0 Å². The zero-order valence-corrected chi connectivity index (χ0v) is 20.2. The average Bonchev–Trinajstić information content (AvgIpc) is 2.66. The quantitative estimate of drug-likeness (QED) is 0.299. The summed E-state index contributed by atoms with van der Waals surface area (Å²) in [6.45, 7) is 5.80. The molecule has 0 radical (unpaired) electrons. The minimum absolute atomic E-state index is 0. The molecule has 29 heavy (non-hydrogen) atoms. The molecule has 12 heteroatoms. The third kappa shape index (κ3) is 7.69. The van der Waals surface area contributed by atoms with Crippen LogP contribution in [0.25, 0.3) is 0 Å². The number of nitrogens with zero attached hydrogens (tertiary/aromatic N) is 3. The minimum Gasteiger partial charge on any atom is -0.356 e. The fraction of sp³-hybridized carbons (Fsp3) is 0.941. The van der Waals surface area contributed by atoms with Gasteiger partial charge in [-0.2, -0.15) is 17.5 Å². The number of rotatable bonds is 6. The molecule has 0 aromatic carbocycles. The van der Waals surface area contributed by atoms with Gasteiger partial charge in [-0.3, -0.25) is 4.99 Å². The molecular weight excluding hydrogens is 522 g/mol. The zero-order valence-electron chi connectivity index (χ0n) is 17.0. The highest BCUT2D eigenvalue weighted by Gasteiger charge is 2.50. The first-order chi connectivity index (χ1) is 13.2. The SMILES string of the molecule is CCCN1CCC(NC(=NC)NCC2CCN(S(=O)(=O)C(F)(F)F)CC2)CC1.I. The summed E-state index contributed by atoms with van der Waals surface area (Å²) in [6, 6.07) is 0.359. The second kappa shape index (κ2) is 11.9. The van der Waals surface area contributed by atoms with Crippen molar-refractivity contribution >= 4 is 40.0 Å². The maximum absolute atomic E-state index is 12.6. The van der Waals surface area contributed by atoms with Crippen LogP contribution in [0.2, 0.25) is 0 Å². The van der Waals surface area contributed by atoms with Crippen molar-refractivity contribution in [1.29, 1.82) is 0 Å². The van der Waals surface area contributed by atoms with E-state index in [9.17, 15) is 21.6 Å². The van der Waals surface area contributed by atoms with Crippen molar-refractivity contribution in [2.75, 3.05) is 46.3 Å². The van der Waals surface area contributed by atoms with Crippen molar-refractivity contribution < 1.29 is 21.6 Å². The molecule has 0 aliphatic carbocycles. The number of hydrogen-bond acceptors (Lipinski definition) is 4. The maximum atomic E-state index is 12.6. The van der Waals surface area contributed by atoms with E-state index in [-0.39, 0.29) is 43.0 Å². The molecule has 2 saturated heterocycles. The molecule has 0 amide bonds. The molecule has 2 rings (SSSR count). The average molecular weight is 555 g/mol. The van der Waals surface area contributed by atoms with Gasteiger partial charge in [-0.15, -0.1) is 24.0 Å². The highest BCUT2D eigenvalue weighted by Crippen LogP contribution is 2.30. The Labute approximate surface area is 188 Å². The predicted molar refractivity (Wildman–Crippen MR) is 119 cm³/mol. The topological polar surface area (TPSA) is 77.0 Å². The molecule has 2 aliphatic rings. The number of halogens is 4. The van der Waals surface area contributed by atoms with E-state index in [1.807, 2.05) is 0 Å². The number of aliphatic imine (C=N–C) groups is 1. The van der Waals surface area contributed by atoms with Gasteiger partial charge < -0.3 is 15.5 Å². The summed E-state index contributed by atoms with van der Waals surface area (Å²) in [5, 5.41) is 6.66. The smallest absolute Gasteiger partial charge is 0.356 e. The van der Waals surface area contributed by atoms with Crippen LogP contribution < -0.4 is 10.6 Å². The molecule has 172 valence electrons. The first kappa shape index (κ1) is 26.7. The van der Waals surface area contributed by atoms with E-state index in [4.69, 9.17) is 0 Å². The van der Waals surface area contributed by atoms with Gasteiger partial charge in [-0.05, 0) is 44.6 Å². The molecular formula is C17H33F3IN5O2S. The van der Waals surface area contributed by atoms with Gasteiger partial charge in [0, 0.05) is 45.8 Å². The molecule has 2 fully saturated rings. The zero-order chi connectivity index (χ0) is 20.8. The minimum atomic E-state index is -5.23. The number of sulfonamides is 1. The van der Waals surface area contributed by atoms with Crippen LogP contribution in [0.1, 0.15) is 39.0 Å². The van der Waals surface area contributed by atoms with Crippen LogP contribution in [0.3, 0.4) is 0 Å². The van der Waals surface area contributed by atoms with Crippen LogP contribution in [-0.2, 0) is 10.0 Å². The van der Waals surface area contributed by atoms with E-state index in [2.05, 4.69) is 27.4 Å². The van der Waals surface area contributed by atoms with Gasteiger partial charge in [0.1, 0.15) is 0 Å². The summed E-state index contributed by atoms with van der Waals surface area (Å²) < 4.78 is 61.4. The first-order valence-electron chi connectivity index (χ1n) is 9.93. The van der Waals surface area contributed by atoms with Gasteiger partial charge >= 0.3 is 15.5 Å². The van der Waals surface area contributed by atoms with Crippen LogP contribution in [0.4, 0.5) is 13.2 Å². The summed E-state index contributed by atoms with van der Waals surface area (Å²) in [5.41, 5.74) is -5.23. The lowest BCUT2D eigenvalue weighted by molar-refractivity contribution is -0.0496. The van der Waals surface area contributed by atoms with Gasteiger partial charge in [0.25, 0.3) is 0 Å². The summed E-state index contributed by atoms with van der Waals surface area (Å²) in [5.74, 6) is 0.809. The highest BCUT2D eigenvalue weighted by atomic mass is 127. The Kier molecular flexibility index (Phi) is 10.9. The standard InChI is InChI=1S/C17H32F3N5O2S.HI/c1-3-8-24-9-6-15(7-10-24)23-16(21-2)22-13-14-4-11-25(12-5-14)28(26,27)17(18,19)20;/h14-15H,3-13H2,1-2H3,(H2,21,22,23);1H. The van der Waals surface area contributed by atoms with Gasteiger partial charge in [0.05, 0.1) is 0 Å². The molecule has 7 nitrogen and oxygen atoms in total. The third-order valence-corrected chi connectivity index (χ3v) is 7.09. The van der Waals surface area contributed by atoms with Crippen molar-refractivity contribution in [2.45, 2.75) is 50.6 Å². The first-order valence-corrected chi connectivity index (χ1v) is 11.4. The summed E-state index contributed by atoms with van der Waals surface area (Å²) >= 11 is 0. The molecule has 0 bridgehead atoms. The molecule has 2 aliphatic heterocycles. The molecule has 0 spiro atoms. The number of hydrogen-bond donors (Lipinski definition) is 2. The summed E-state index contributed by atoms with van der Waals surface area (Å²) in [7, 11) is -3.52. The number of likely N-dealkylation sites (tertiary alicyclic amines) is 1. The van der Waals surface area contributed by atoms with Crippen molar-refractivity contribution in [3.63, 3.8) is 0 Å². The normalized spacial score (nSPS) is 21.6. The van der Waals surface area contributed by atoms with Crippen LogP contribution in [-0.4, -0.2) is 81.4 Å². The molecule has 2 heterocycles. The fourth-order valence-electron chi connectivity index (χ4n) is 3.75. The van der Waals surface area contributed by atoms with Crippen LogP contribution in [0.5, 0.6) is 0 Å². The monoisotopic (exact) mass is 555 g/mol. The van der Waals surface area contributed by atoms with Crippen LogP contribution in [0.15, 0.2) is 4.99 Å². The Morgan fingerprint density at radius 1 is 1.10 bits per heavy atom. The molecule has 0 aromatic rings. The Hall–Kier alpha value is -0.340. The van der Waals surface area contributed by atoms with Crippen molar-refractivity contribution in [3.05, 3.63) is 0 Å². The maximum Gasteiger partial charge on any atom is 0.511 e. The second-order valence-corrected chi connectivity index (χ2v) is 9.44. The second-order valence-electron chi connectivity index (χ2n) is 7.51. The largest absolute Gasteiger partial charge is 0.511 e. The molecule has 2 N–H and O–H groups in total. The van der Waals surface area contributed by atoms with E-state index in [1.165, 1.54) is 0 Å². The number of alkyl halides is 3. The Morgan fingerprint density at radius 2 is 1.69 bits per heavy atom. The molecule has 0 unspecified atom stereocenters. The van der Waals surface area contributed by atoms with E-state index in [0.29, 0.717) is 35.7 Å². The number of guanidine groups is 1. The lowest BCUT2D eigenvalue weighted by Gasteiger charge is -2.34. The predicted octanol–water partition coefficient (Wildman–Crippen LogP) is 2.21. The summed E-state index contributed by atoms with van der Waals surface area (Å²) in [4.78, 5) is 6.69. The fourth-order valence-corrected chi connectivity index (χ4v) is 4.73. The van der Waals surface area contributed by atoms with E-state index >= 15 is 0 Å². The highest BCUT2D eigenvalue weighted by molar-refractivity contribution is 14.0. The van der Waals surface area contributed by atoms with E-state index in [1.54, 1.807) is 7.05 Å². The van der Waals surface area contributed by atoms with Gasteiger partial charge in [-0.1, -0.05) is 6.92 Å². The number of nitrogens with one attached hydrogen (secondary N) is 2. The Morgan fingerprint density at radius 3 is 2.17 bits per heavy atom. The Balaban J connectivity index is 0.00000420. The lowest BCUT2D eigenvalue weighted by atomic mass is 9.98. The van der Waals surface area contributed by atoms with Crippen LogP contribution in [0, 0.1) is 5.92 Å².